The molecule has 2 amide bonds. The zero-order valence-corrected chi connectivity index (χ0v) is 8.70. The van der Waals surface area contributed by atoms with Gasteiger partial charge < -0.3 is 9.57 Å². The predicted molar refractivity (Wildman–Crippen MR) is 48.1 cm³/mol. The minimum Gasteiger partial charge on any atom is -0.458 e. The number of urea groups is 1. The lowest BCUT2D eigenvalue weighted by atomic mass is 10.7. The fraction of sp³-hybridized carbons (Fsp3) is 0.571. The molecule has 0 radical (unpaired) electrons. The number of carbonyl (C=O) groups excluding carboxylic acids is 3. The fourth-order valence-corrected chi connectivity index (χ4v) is 0.550. The topological polar surface area (TPSA) is 97.0 Å². The molecule has 0 aliphatic heterocycles. The molecule has 0 aliphatic carbocycles. The van der Waals surface area contributed by atoms with E-state index in [-0.39, 0.29) is 6.61 Å². The Labute approximate surface area is 86.4 Å². The second kappa shape index (κ2) is 6.60. The molecule has 0 unspecified atom stereocenters. The number of hydroxylamine groups is 1. The van der Waals surface area contributed by atoms with Crippen molar-refractivity contribution >= 4 is 18.0 Å². The number of hydrazine groups is 1. The van der Waals surface area contributed by atoms with Crippen LogP contribution in [0.4, 0.5) is 4.79 Å². The Hall–Kier alpha value is -1.83. The van der Waals surface area contributed by atoms with Crippen LogP contribution in [0.5, 0.6) is 0 Å². The molecule has 2 N–H and O–H groups in total. The number of amides is 2. The van der Waals surface area contributed by atoms with Crippen LogP contribution in [0.1, 0.15) is 6.92 Å². The van der Waals surface area contributed by atoms with Gasteiger partial charge in [0.2, 0.25) is 0 Å². The summed E-state index contributed by atoms with van der Waals surface area (Å²) in [6.07, 6.45) is 0. The Balaban J connectivity index is 3.80. The van der Waals surface area contributed by atoms with E-state index in [0.29, 0.717) is 0 Å². The number of rotatable bonds is 2. The second-order valence-electron chi connectivity index (χ2n) is 2.55. The average molecular weight is 219 g/mol. The quantitative estimate of drug-likeness (QED) is 0.343. The van der Waals surface area contributed by atoms with Crippen LogP contribution in [0.25, 0.3) is 0 Å². The fourth-order valence-electron chi connectivity index (χ4n) is 0.550. The summed E-state index contributed by atoms with van der Waals surface area (Å²) in [4.78, 5) is 36.4. The second-order valence-corrected chi connectivity index (χ2v) is 2.55. The van der Waals surface area contributed by atoms with Gasteiger partial charge in [-0.25, -0.2) is 19.4 Å². The van der Waals surface area contributed by atoms with Crippen LogP contribution >= 0.6 is 0 Å². The summed E-state index contributed by atoms with van der Waals surface area (Å²) >= 11 is 0. The molecule has 0 aliphatic rings. The van der Waals surface area contributed by atoms with E-state index in [1.165, 1.54) is 11.9 Å². The van der Waals surface area contributed by atoms with Gasteiger partial charge in [0.15, 0.2) is 0 Å². The van der Waals surface area contributed by atoms with E-state index >= 15 is 0 Å². The zero-order valence-electron chi connectivity index (χ0n) is 8.70. The van der Waals surface area contributed by atoms with E-state index in [1.54, 1.807) is 19.6 Å². The van der Waals surface area contributed by atoms with Crippen LogP contribution in [-0.2, 0) is 19.2 Å². The number of esters is 1. The highest BCUT2D eigenvalue weighted by Gasteiger charge is 2.18. The van der Waals surface area contributed by atoms with Crippen molar-refractivity contribution in [2.75, 3.05) is 20.7 Å². The third-order valence-corrected chi connectivity index (χ3v) is 1.00. The third kappa shape index (κ3) is 6.27. The highest BCUT2D eigenvalue weighted by Crippen LogP contribution is 1.81. The Morgan fingerprint density at radius 3 is 2.27 bits per heavy atom. The average Bonchev–Trinajstić information content (AvgIpc) is 2.13. The van der Waals surface area contributed by atoms with Gasteiger partial charge in [-0.05, 0) is 6.92 Å². The van der Waals surface area contributed by atoms with Crippen molar-refractivity contribution in [2.24, 2.45) is 0 Å². The molecule has 8 heteroatoms. The van der Waals surface area contributed by atoms with Crippen molar-refractivity contribution in [3.63, 3.8) is 0 Å². The van der Waals surface area contributed by atoms with E-state index in [1.807, 2.05) is 0 Å². The SMILES string of the molecule is CCOC(=O)C(=O)ONC(=O)NN(C)C. The Morgan fingerprint density at radius 2 is 1.80 bits per heavy atom. The van der Waals surface area contributed by atoms with Crippen molar-refractivity contribution in [3.8, 4) is 0 Å². The first-order valence-corrected chi connectivity index (χ1v) is 4.09. The van der Waals surface area contributed by atoms with Crippen LogP contribution in [0.2, 0.25) is 0 Å². The molecule has 0 heterocycles. The van der Waals surface area contributed by atoms with Crippen LogP contribution in [0.3, 0.4) is 0 Å². The van der Waals surface area contributed by atoms with Gasteiger partial charge >= 0.3 is 18.0 Å². The Kier molecular flexibility index (Phi) is 5.79. The maximum atomic E-state index is 10.8. The van der Waals surface area contributed by atoms with Gasteiger partial charge in [-0.15, -0.1) is 0 Å². The van der Waals surface area contributed by atoms with Crippen molar-refractivity contribution in [2.45, 2.75) is 6.92 Å². The van der Waals surface area contributed by atoms with Crippen LogP contribution in [0.15, 0.2) is 0 Å². The molecule has 0 aromatic heterocycles. The zero-order chi connectivity index (χ0) is 11.8. The molecule has 0 spiro atoms. The lowest BCUT2D eigenvalue weighted by Crippen LogP contribution is -2.44. The van der Waals surface area contributed by atoms with E-state index in [0.717, 1.165) is 0 Å². The van der Waals surface area contributed by atoms with Crippen LogP contribution in [0, 0.1) is 0 Å². The molecule has 0 bridgehead atoms. The number of carbonyl (C=O) groups is 3. The number of ether oxygens (including phenoxy) is 1. The molecule has 8 nitrogen and oxygen atoms in total. The van der Waals surface area contributed by atoms with Gasteiger partial charge in [0.25, 0.3) is 0 Å². The van der Waals surface area contributed by atoms with Gasteiger partial charge in [0.05, 0.1) is 6.61 Å². The predicted octanol–water partition coefficient (Wildman–Crippen LogP) is -1.22. The summed E-state index contributed by atoms with van der Waals surface area (Å²) < 4.78 is 4.32. The van der Waals surface area contributed by atoms with Crippen molar-refractivity contribution < 1.29 is 24.0 Å². The number of hydrogen-bond acceptors (Lipinski definition) is 6. The van der Waals surface area contributed by atoms with E-state index in [9.17, 15) is 14.4 Å². The van der Waals surface area contributed by atoms with Crippen LogP contribution < -0.4 is 10.9 Å². The maximum Gasteiger partial charge on any atom is 0.441 e. The van der Waals surface area contributed by atoms with Crippen molar-refractivity contribution in [3.05, 3.63) is 0 Å². The van der Waals surface area contributed by atoms with Gasteiger partial charge in [0, 0.05) is 14.1 Å². The molecule has 0 aromatic rings. The highest BCUT2D eigenvalue weighted by atomic mass is 16.7. The molecular formula is C7H13N3O5. The maximum absolute atomic E-state index is 10.8. The monoisotopic (exact) mass is 219 g/mol. The molecule has 86 valence electrons. The van der Waals surface area contributed by atoms with E-state index in [2.05, 4.69) is 15.0 Å². The Bertz CT molecular complexity index is 253. The summed E-state index contributed by atoms with van der Waals surface area (Å²) in [6.45, 7) is 1.59. The molecule has 0 saturated heterocycles. The summed E-state index contributed by atoms with van der Waals surface area (Å²) in [5.41, 5.74) is 3.93. The molecule has 0 atom stereocenters. The van der Waals surface area contributed by atoms with Crippen molar-refractivity contribution in [1.82, 2.24) is 15.9 Å². The lowest BCUT2D eigenvalue weighted by Gasteiger charge is -2.11. The normalized spacial score (nSPS) is 9.33. The molecule has 0 fully saturated rings. The third-order valence-electron chi connectivity index (χ3n) is 1.00. The molecule has 0 saturated carbocycles. The first kappa shape index (κ1) is 13.2. The Morgan fingerprint density at radius 1 is 1.20 bits per heavy atom. The lowest BCUT2D eigenvalue weighted by molar-refractivity contribution is -0.170. The highest BCUT2D eigenvalue weighted by molar-refractivity contribution is 6.29. The number of hydrogen-bond donors (Lipinski definition) is 2. The first-order chi connectivity index (χ1) is 6.97. The summed E-state index contributed by atoms with van der Waals surface area (Å²) in [5, 5.41) is 1.33. The standard InChI is InChI=1S/C7H13N3O5/c1-4-14-5(11)6(12)15-9-7(13)8-10(2)3/h4H2,1-3H3,(H2,8,9,13). The minimum atomic E-state index is -1.29. The largest absolute Gasteiger partial charge is 0.458 e. The number of nitrogens with zero attached hydrogens (tertiary/aromatic N) is 1. The summed E-state index contributed by atoms with van der Waals surface area (Å²) in [5.74, 6) is -2.45. The first-order valence-electron chi connectivity index (χ1n) is 4.09. The summed E-state index contributed by atoms with van der Waals surface area (Å²) in [6, 6.07) is -0.780. The van der Waals surface area contributed by atoms with E-state index < -0.39 is 18.0 Å². The number of nitrogens with one attached hydrogen (secondary N) is 2. The van der Waals surface area contributed by atoms with Crippen molar-refractivity contribution in [1.29, 1.82) is 0 Å². The van der Waals surface area contributed by atoms with Gasteiger partial charge in [-0.2, -0.15) is 5.48 Å². The smallest absolute Gasteiger partial charge is 0.441 e. The molecule has 15 heavy (non-hydrogen) atoms. The van der Waals surface area contributed by atoms with Crippen LogP contribution in [-0.4, -0.2) is 43.7 Å². The minimum absolute atomic E-state index is 0.0534. The molecular weight excluding hydrogens is 206 g/mol. The summed E-state index contributed by atoms with van der Waals surface area (Å²) in [7, 11) is 3.12. The van der Waals surface area contributed by atoms with E-state index in [4.69, 9.17) is 0 Å². The van der Waals surface area contributed by atoms with Gasteiger partial charge in [-0.3, -0.25) is 5.43 Å². The van der Waals surface area contributed by atoms with Gasteiger partial charge in [0.1, 0.15) is 0 Å². The molecule has 0 rings (SSSR count). The van der Waals surface area contributed by atoms with Gasteiger partial charge in [-0.1, -0.05) is 0 Å². The molecule has 0 aromatic carbocycles.